The van der Waals surface area contributed by atoms with Crippen LogP contribution in [0.1, 0.15) is 31.2 Å². The Hall–Kier alpha value is -1.26. The average Bonchev–Trinajstić information content (AvgIpc) is 2.24. The Bertz CT molecular complexity index is 374. The Morgan fingerprint density at radius 2 is 1.83 bits per heavy atom. The third-order valence-corrected chi connectivity index (χ3v) is 2.45. The Morgan fingerprint density at radius 3 is 2.44 bits per heavy atom. The topological polar surface area (TPSA) is 9.23 Å². The van der Waals surface area contributed by atoms with E-state index in [1.165, 1.54) is 12.1 Å². The summed E-state index contributed by atoms with van der Waals surface area (Å²) in [5.74, 6) is -0.290. The minimum Gasteiger partial charge on any atom is -0.491 e. The molecule has 0 atom stereocenters. The molecule has 0 spiro atoms. The predicted molar refractivity (Wildman–Crippen MR) is 61.2 cm³/mol. The predicted octanol–water partition coefficient (Wildman–Crippen LogP) is 4.64. The van der Waals surface area contributed by atoms with Crippen molar-refractivity contribution >= 4 is 0 Å². The molecule has 0 amide bonds. The van der Waals surface area contributed by atoms with Gasteiger partial charge in [-0.1, -0.05) is 6.07 Å². The molecule has 0 fully saturated rings. The summed E-state index contributed by atoms with van der Waals surface area (Å²) in [5.41, 5.74) is 0.796. The monoisotopic (exact) mass is 264 g/mol. The Labute approximate surface area is 104 Å². The molecule has 0 saturated carbocycles. The van der Waals surface area contributed by atoms with Crippen LogP contribution < -0.4 is 4.74 Å². The molecule has 1 nitrogen and oxygen atoms in total. The molecule has 0 aromatic heterocycles. The Kier molecular flexibility index (Phi) is 5.44. The van der Waals surface area contributed by atoms with Crippen molar-refractivity contribution in [2.75, 3.05) is 6.61 Å². The summed E-state index contributed by atoms with van der Waals surface area (Å²) in [4.78, 5) is 0. The van der Waals surface area contributed by atoms with Gasteiger partial charge in [0.1, 0.15) is 0 Å². The molecule has 5 heteroatoms. The fourth-order valence-electron chi connectivity index (χ4n) is 1.51. The molecule has 18 heavy (non-hydrogen) atoms. The van der Waals surface area contributed by atoms with Crippen LogP contribution in [0.5, 0.6) is 5.75 Å². The fraction of sp³-hybridized carbons (Fsp3) is 0.538. The lowest BCUT2D eigenvalue weighted by atomic mass is 10.2. The highest BCUT2D eigenvalue weighted by molar-refractivity contribution is 5.28. The summed E-state index contributed by atoms with van der Waals surface area (Å²) in [6, 6.07) is 4.61. The van der Waals surface area contributed by atoms with Gasteiger partial charge in [-0.25, -0.2) is 4.39 Å². The van der Waals surface area contributed by atoms with E-state index in [4.69, 9.17) is 4.74 Å². The number of rotatable bonds is 6. The van der Waals surface area contributed by atoms with E-state index >= 15 is 0 Å². The summed E-state index contributed by atoms with van der Waals surface area (Å²) in [5, 5.41) is 0. The molecule has 1 rings (SSSR count). The van der Waals surface area contributed by atoms with Crippen LogP contribution in [-0.2, 0) is 0 Å². The van der Waals surface area contributed by atoms with Gasteiger partial charge in [0.15, 0.2) is 11.6 Å². The maximum atomic E-state index is 13.3. The molecule has 0 unspecified atom stereocenters. The maximum absolute atomic E-state index is 13.3. The molecular weight excluding hydrogens is 248 g/mol. The number of hydrogen-bond donors (Lipinski definition) is 0. The number of aryl methyl sites for hydroxylation is 1. The van der Waals surface area contributed by atoms with Crippen molar-refractivity contribution in [1.29, 1.82) is 0 Å². The summed E-state index contributed by atoms with van der Waals surface area (Å²) >= 11 is 0. The van der Waals surface area contributed by atoms with E-state index in [0.29, 0.717) is 12.8 Å². The molecule has 0 bridgehead atoms. The summed E-state index contributed by atoms with van der Waals surface area (Å²) in [7, 11) is 0. The first-order chi connectivity index (χ1) is 8.38. The first kappa shape index (κ1) is 14.8. The number of benzene rings is 1. The molecule has 0 aliphatic carbocycles. The SMILES string of the molecule is Cc1ccc(OCCCCCC(F)(F)F)c(F)c1. The highest BCUT2D eigenvalue weighted by Crippen LogP contribution is 2.23. The first-order valence-electron chi connectivity index (χ1n) is 5.84. The molecule has 0 saturated heterocycles. The minimum atomic E-state index is -4.09. The van der Waals surface area contributed by atoms with Crippen LogP contribution in [0.15, 0.2) is 18.2 Å². The van der Waals surface area contributed by atoms with Gasteiger partial charge in [-0.3, -0.25) is 0 Å². The van der Waals surface area contributed by atoms with Crippen LogP contribution in [0.25, 0.3) is 0 Å². The van der Waals surface area contributed by atoms with E-state index in [2.05, 4.69) is 0 Å². The zero-order valence-corrected chi connectivity index (χ0v) is 10.2. The third-order valence-electron chi connectivity index (χ3n) is 2.45. The second kappa shape index (κ2) is 6.61. The molecule has 0 radical (unpaired) electrons. The van der Waals surface area contributed by atoms with Gasteiger partial charge >= 0.3 is 6.18 Å². The number of halogens is 4. The molecule has 1 aromatic rings. The van der Waals surface area contributed by atoms with Crippen molar-refractivity contribution in [1.82, 2.24) is 0 Å². The molecule has 0 N–H and O–H groups in total. The second-order valence-corrected chi connectivity index (χ2v) is 4.21. The normalized spacial score (nSPS) is 11.6. The van der Waals surface area contributed by atoms with Gasteiger partial charge < -0.3 is 4.74 Å². The van der Waals surface area contributed by atoms with Gasteiger partial charge in [0.25, 0.3) is 0 Å². The number of hydrogen-bond acceptors (Lipinski definition) is 1. The van der Waals surface area contributed by atoms with E-state index < -0.39 is 18.4 Å². The lowest BCUT2D eigenvalue weighted by Gasteiger charge is -2.08. The van der Waals surface area contributed by atoms with Gasteiger partial charge in [-0.2, -0.15) is 13.2 Å². The largest absolute Gasteiger partial charge is 0.491 e. The van der Waals surface area contributed by atoms with Crippen LogP contribution in [0.2, 0.25) is 0 Å². The zero-order valence-electron chi connectivity index (χ0n) is 10.2. The summed E-state index contributed by atoms with van der Waals surface area (Å²) < 4.78 is 54.0. The van der Waals surface area contributed by atoms with E-state index in [1.54, 1.807) is 13.0 Å². The highest BCUT2D eigenvalue weighted by Gasteiger charge is 2.25. The van der Waals surface area contributed by atoms with Crippen LogP contribution in [0, 0.1) is 12.7 Å². The zero-order chi connectivity index (χ0) is 13.6. The summed E-state index contributed by atoms with van der Waals surface area (Å²) in [6.45, 7) is 2.00. The van der Waals surface area contributed by atoms with Crippen molar-refractivity contribution in [3.05, 3.63) is 29.6 Å². The molecule has 0 heterocycles. The van der Waals surface area contributed by atoms with E-state index in [1.807, 2.05) is 0 Å². The standard InChI is InChI=1S/C13H16F4O/c1-10-5-6-12(11(14)9-10)18-8-4-2-3-7-13(15,16)17/h5-6,9H,2-4,7-8H2,1H3. The van der Waals surface area contributed by atoms with Gasteiger partial charge in [-0.15, -0.1) is 0 Å². The van der Waals surface area contributed by atoms with Crippen LogP contribution in [0.4, 0.5) is 17.6 Å². The van der Waals surface area contributed by atoms with E-state index in [-0.39, 0.29) is 18.8 Å². The summed E-state index contributed by atoms with van der Waals surface area (Å²) in [6.07, 6.45) is -3.87. The fourth-order valence-corrected chi connectivity index (χ4v) is 1.51. The second-order valence-electron chi connectivity index (χ2n) is 4.21. The Morgan fingerprint density at radius 1 is 1.11 bits per heavy atom. The maximum Gasteiger partial charge on any atom is 0.389 e. The minimum absolute atomic E-state index is 0.0865. The van der Waals surface area contributed by atoms with E-state index in [9.17, 15) is 17.6 Å². The quantitative estimate of drug-likeness (QED) is 0.537. The van der Waals surface area contributed by atoms with E-state index in [0.717, 1.165) is 5.56 Å². The van der Waals surface area contributed by atoms with Crippen LogP contribution in [-0.4, -0.2) is 12.8 Å². The lowest BCUT2D eigenvalue weighted by molar-refractivity contribution is -0.135. The van der Waals surface area contributed by atoms with Crippen molar-refractivity contribution in [2.24, 2.45) is 0 Å². The van der Waals surface area contributed by atoms with Gasteiger partial charge in [0.2, 0.25) is 0 Å². The van der Waals surface area contributed by atoms with Gasteiger partial charge in [0.05, 0.1) is 6.61 Å². The van der Waals surface area contributed by atoms with Crippen LogP contribution >= 0.6 is 0 Å². The average molecular weight is 264 g/mol. The van der Waals surface area contributed by atoms with Crippen molar-refractivity contribution in [2.45, 2.75) is 38.8 Å². The number of unbranched alkanes of at least 4 members (excludes halogenated alkanes) is 2. The highest BCUT2D eigenvalue weighted by atomic mass is 19.4. The first-order valence-corrected chi connectivity index (χ1v) is 5.84. The van der Waals surface area contributed by atoms with Crippen molar-refractivity contribution in [3.8, 4) is 5.75 Å². The van der Waals surface area contributed by atoms with Crippen molar-refractivity contribution in [3.63, 3.8) is 0 Å². The molecule has 0 aliphatic heterocycles. The Balaban J connectivity index is 2.18. The molecule has 1 aromatic carbocycles. The van der Waals surface area contributed by atoms with Gasteiger partial charge in [-0.05, 0) is 43.9 Å². The molecular formula is C13H16F4O. The molecule has 102 valence electrons. The smallest absolute Gasteiger partial charge is 0.389 e. The number of ether oxygens (including phenoxy) is 1. The number of alkyl halides is 3. The molecule has 0 aliphatic rings. The van der Waals surface area contributed by atoms with Crippen LogP contribution in [0.3, 0.4) is 0 Å². The lowest BCUT2D eigenvalue weighted by Crippen LogP contribution is -2.07. The van der Waals surface area contributed by atoms with Crippen molar-refractivity contribution < 1.29 is 22.3 Å². The third kappa shape index (κ3) is 5.89. The van der Waals surface area contributed by atoms with Gasteiger partial charge in [0, 0.05) is 6.42 Å².